The van der Waals surface area contributed by atoms with Crippen LogP contribution in [0.2, 0.25) is 0 Å². The highest BCUT2D eigenvalue weighted by molar-refractivity contribution is 5.91. The lowest BCUT2D eigenvalue weighted by molar-refractivity contribution is 0.0979. The molecule has 2 fully saturated rings. The Balaban J connectivity index is 1.38. The number of piperidine rings is 1. The van der Waals surface area contributed by atoms with Gasteiger partial charge in [0.2, 0.25) is 0 Å². The minimum absolute atomic E-state index is 0.126. The number of rotatable bonds is 5. The van der Waals surface area contributed by atoms with Crippen LogP contribution < -0.4 is 9.80 Å². The maximum absolute atomic E-state index is 11.0. The average molecular weight is 424 g/mol. The van der Waals surface area contributed by atoms with Gasteiger partial charge in [-0.25, -0.2) is 0 Å². The Labute approximate surface area is 181 Å². The van der Waals surface area contributed by atoms with E-state index in [2.05, 4.69) is 48.5 Å². The van der Waals surface area contributed by atoms with Gasteiger partial charge < -0.3 is 19.6 Å². The van der Waals surface area contributed by atoms with Crippen LogP contribution in [0.5, 0.6) is 0 Å². The number of hydrogen-bond acceptors (Lipinski definition) is 8. The molecule has 1 aromatic carbocycles. The highest BCUT2D eigenvalue weighted by Gasteiger charge is 2.29. The third kappa shape index (κ3) is 4.07. The van der Waals surface area contributed by atoms with Crippen molar-refractivity contribution in [2.24, 2.45) is 5.92 Å². The van der Waals surface area contributed by atoms with Crippen molar-refractivity contribution >= 4 is 22.4 Å². The number of ether oxygens (including phenoxy) is 1. The van der Waals surface area contributed by atoms with E-state index in [-0.39, 0.29) is 5.92 Å². The first kappa shape index (κ1) is 20.1. The zero-order valence-corrected chi connectivity index (χ0v) is 17.9. The summed E-state index contributed by atoms with van der Waals surface area (Å²) in [5.74, 6) is 0.973. The SMILES string of the molecule is CCn1cc([C@@H](O)[C@H]2CCCN(c3nnnc4cc(N5CCOCC5)ccc34)C2)cn1. The van der Waals surface area contributed by atoms with Gasteiger partial charge in [-0.15, -0.1) is 10.2 Å². The quantitative estimate of drug-likeness (QED) is 0.666. The Morgan fingerprint density at radius 3 is 2.84 bits per heavy atom. The van der Waals surface area contributed by atoms with E-state index in [1.54, 1.807) is 6.20 Å². The first-order valence-electron chi connectivity index (χ1n) is 11.1. The predicted molar refractivity (Wildman–Crippen MR) is 118 cm³/mol. The molecule has 2 aliphatic rings. The van der Waals surface area contributed by atoms with E-state index in [0.717, 1.165) is 86.8 Å². The van der Waals surface area contributed by atoms with Gasteiger partial charge in [0.1, 0.15) is 5.52 Å². The zero-order valence-electron chi connectivity index (χ0n) is 17.9. The summed E-state index contributed by atoms with van der Waals surface area (Å²) >= 11 is 0. The Morgan fingerprint density at radius 2 is 2.03 bits per heavy atom. The van der Waals surface area contributed by atoms with Gasteiger partial charge in [-0.05, 0) is 43.2 Å². The number of benzene rings is 1. The molecule has 0 aliphatic carbocycles. The Bertz CT molecular complexity index is 1030. The monoisotopic (exact) mass is 423 g/mol. The number of anilines is 2. The Hall–Kier alpha value is -2.78. The van der Waals surface area contributed by atoms with Gasteiger partial charge in [0.15, 0.2) is 5.82 Å². The molecule has 2 aromatic heterocycles. The molecule has 5 rings (SSSR count). The number of morpholine rings is 1. The molecule has 0 amide bonds. The van der Waals surface area contributed by atoms with E-state index in [1.807, 2.05) is 17.8 Å². The highest BCUT2D eigenvalue weighted by Crippen LogP contribution is 2.34. The van der Waals surface area contributed by atoms with Gasteiger partial charge >= 0.3 is 0 Å². The van der Waals surface area contributed by atoms with Crippen molar-refractivity contribution < 1.29 is 9.84 Å². The molecule has 0 spiro atoms. The van der Waals surface area contributed by atoms with Crippen LogP contribution in [0.25, 0.3) is 10.9 Å². The molecular weight excluding hydrogens is 394 g/mol. The van der Waals surface area contributed by atoms with Crippen LogP contribution in [-0.2, 0) is 11.3 Å². The van der Waals surface area contributed by atoms with E-state index in [1.165, 1.54) is 0 Å². The van der Waals surface area contributed by atoms with E-state index in [9.17, 15) is 5.11 Å². The van der Waals surface area contributed by atoms with Gasteiger partial charge in [-0.2, -0.15) is 5.10 Å². The maximum atomic E-state index is 11.0. The third-order valence-corrected chi connectivity index (χ3v) is 6.41. The molecule has 164 valence electrons. The van der Waals surface area contributed by atoms with E-state index >= 15 is 0 Å². The minimum atomic E-state index is -0.530. The Morgan fingerprint density at radius 1 is 1.16 bits per heavy atom. The fourth-order valence-electron chi connectivity index (χ4n) is 4.65. The molecule has 0 unspecified atom stereocenters. The molecule has 0 radical (unpaired) electrons. The largest absolute Gasteiger partial charge is 0.388 e. The second-order valence-corrected chi connectivity index (χ2v) is 8.34. The molecule has 9 nitrogen and oxygen atoms in total. The van der Waals surface area contributed by atoms with Crippen LogP contribution in [-0.4, -0.2) is 69.7 Å². The molecule has 31 heavy (non-hydrogen) atoms. The summed E-state index contributed by atoms with van der Waals surface area (Å²) in [7, 11) is 0. The van der Waals surface area contributed by atoms with Crippen LogP contribution in [0.1, 0.15) is 31.4 Å². The van der Waals surface area contributed by atoms with Crippen LogP contribution in [0, 0.1) is 5.92 Å². The summed E-state index contributed by atoms with van der Waals surface area (Å²) in [6, 6.07) is 6.33. The summed E-state index contributed by atoms with van der Waals surface area (Å²) < 4.78 is 7.32. The summed E-state index contributed by atoms with van der Waals surface area (Å²) in [5.41, 5.74) is 2.87. The van der Waals surface area contributed by atoms with Gasteiger partial charge in [-0.1, -0.05) is 0 Å². The number of aliphatic hydroxyl groups is 1. The standard InChI is InChI=1S/C22H29N7O2/c1-2-29-15-17(13-23-29)21(30)16-4-3-7-28(14-16)22-19-6-5-18(12-20(19)24-26-25-22)27-8-10-31-11-9-27/h5-6,12-13,15-16,21,30H,2-4,7-11,14H2,1H3/t16-,21-/m0/s1. The van der Waals surface area contributed by atoms with Gasteiger partial charge in [0, 0.05) is 61.5 Å². The van der Waals surface area contributed by atoms with E-state index in [0.29, 0.717) is 0 Å². The third-order valence-electron chi connectivity index (χ3n) is 6.41. The smallest absolute Gasteiger partial charge is 0.162 e. The molecule has 2 atom stereocenters. The number of aryl methyl sites for hydroxylation is 1. The molecule has 1 N–H and O–H groups in total. The predicted octanol–water partition coefficient (Wildman–Crippen LogP) is 2.03. The molecular formula is C22H29N7O2. The fourth-order valence-corrected chi connectivity index (χ4v) is 4.65. The van der Waals surface area contributed by atoms with Crippen molar-refractivity contribution in [3.8, 4) is 0 Å². The van der Waals surface area contributed by atoms with Crippen LogP contribution in [0.4, 0.5) is 11.5 Å². The molecule has 0 saturated carbocycles. The van der Waals surface area contributed by atoms with Crippen LogP contribution in [0.15, 0.2) is 30.6 Å². The minimum Gasteiger partial charge on any atom is -0.388 e. The second kappa shape index (κ2) is 8.76. The lowest BCUT2D eigenvalue weighted by Gasteiger charge is -2.35. The van der Waals surface area contributed by atoms with Crippen molar-refractivity contribution in [2.45, 2.75) is 32.4 Å². The summed E-state index contributed by atoms with van der Waals surface area (Å²) in [6.07, 6.45) is 5.17. The topological polar surface area (TPSA) is 92.4 Å². The van der Waals surface area contributed by atoms with Crippen molar-refractivity contribution in [3.63, 3.8) is 0 Å². The van der Waals surface area contributed by atoms with Gasteiger partial charge in [0.05, 0.1) is 25.5 Å². The van der Waals surface area contributed by atoms with Crippen molar-refractivity contribution in [2.75, 3.05) is 49.2 Å². The molecule has 3 aromatic rings. The van der Waals surface area contributed by atoms with Crippen molar-refractivity contribution in [1.82, 2.24) is 25.2 Å². The first-order valence-corrected chi connectivity index (χ1v) is 11.1. The zero-order chi connectivity index (χ0) is 21.2. The van der Waals surface area contributed by atoms with E-state index in [4.69, 9.17) is 4.74 Å². The maximum Gasteiger partial charge on any atom is 0.162 e. The average Bonchev–Trinajstić information content (AvgIpc) is 3.33. The first-order chi connectivity index (χ1) is 15.2. The second-order valence-electron chi connectivity index (χ2n) is 8.34. The van der Waals surface area contributed by atoms with E-state index < -0.39 is 6.10 Å². The number of aromatic nitrogens is 5. The summed E-state index contributed by atoms with van der Waals surface area (Å²) in [6.45, 7) is 7.75. The van der Waals surface area contributed by atoms with Crippen LogP contribution >= 0.6 is 0 Å². The summed E-state index contributed by atoms with van der Waals surface area (Å²) in [4.78, 5) is 4.56. The lowest BCUT2D eigenvalue weighted by atomic mass is 9.89. The van der Waals surface area contributed by atoms with Crippen LogP contribution in [0.3, 0.4) is 0 Å². The number of hydrogen-bond donors (Lipinski definition) is 1. The summed E-state index contributed by atoms with van der Waals surface area (Å²) in [5, 5.41) is 29.0. The Kier molecular flexibility index (Phi) is 5.69. The lowest BCUT2D eigenvalue weighted by Crippen LogP contribution is -2.38. The highest BCUT2D eigenvalue weighted by atomic mass is 16.5. The molecule has 9 heteroatoms. The normalized spacial score (nSPS) is 20.9. The molecule has 4 heterocycles. The number of aliphatic hydroxyl groups excluding tert-OH is 1. The number of nitrogens with zero attached hydrogens (tertiary/aromatic N) is 7. The molecule has 2 saturated heterocycles. The number of fused-ring (bicyclic) bond motifs is 1. The molecule has 2 aliphatic heterocycles. The van der Waals surface area contributed by atoms with Gasteiger partial charge in [-0.3, -0.25) is 4.68 Å². The van der Waals surface area contributed by atoms with Crippen molar-refractivity contribution in [1.29, 1.82) is 0 Å². The van der Waals surface area contributed by atoms with Crippen molar-refractivity contribution in [3.05, 3.63) is 36.2 Å². The molecule has 0 bridgehead atoms. The fraction of sp³-hybridized carbons (Fsp3) is 0.545. The van der Waals surface area contributed by atoms with Gasteiger partial charge in [0.25, 0.3) is 0 Å².